The highest BCUT2D eigenvalue weighted by atomic mass is 31.2. The Labute approximate surface area is 358 Å². The molecule has 0 radical (unpaired) electrons. The molecule has 0 aromatic rings. The summed E-state index contributed by atoms with van der Waals surface area (Å²) in [4.78, 5) is 23.1. The maximum atomic E-state index is 12.9. The molecule has 3 unspecified atom stereocenters. The normalized spacial score (nSPS) is 14.8. The minimum atomic E-state index is -4.36. The summed E-state index contributed by atoms with van der Waals surface area (Å²) in [5.41, 5.74) is 0. The van der Waals surface area contributed by atoms with Gasteiger partial charge in [0.25, 0.3) is 0 Å². The molecule has 3 atom stereocenters. The number of rotatable bonds is 42. The molecule has 9 heteroatoms. The maximum Gasteiger partial charge on any atom is 0.472 e. The van der Waals surface area contributed by atoms with E-state index >= 15 is 0 Å². The Morgan fingerprint density at radius 3 is 1.53 bits per heavy atom. The fraction of sp³-hybridized carbons (Fsp3) is 0.776. The van der Waals surface area contributed by atoms with Gasteiger partial charge in [0.05, 0.1) is 39.9 Å². The number of aliphatic hydroxyl groups is 1. The van der Waals surface area contributed by atoms with Crippen LogP contribution in [0.25, 0.3) is 0 Å². The van der Waals surface area contributed by atoms with E-state index in [0.29, 0.717) is 17.4 Å². The molecule has 3 N–H and O–H groups in total. The molecule has 58 heavy (non-hydrogen) atoms. The summed E-state index contributed by atoms with van der Waals surface area (Å²) in [6.07, 6.45) is 53.0. The van der Waals surface area contributed by atoms with Gasteiger partial charge in [0.2, 0.25) is 5.91 Å². The van der Waals surface area contributed by atoms with Crippen molar-refractivity contribution < 1.29 is 32.9 Å². The quantitative estimate of drug-likeness (QED) is 0.0245. The SMILES string of the molecule is CCCC/C=C\C/C=C\CCCCCCCC(=O)NC(COP(=O)(O)OCC[N+](C)(C)C)C(O)/C=C/CC/C=C/CC/C=C/CCCCCCCCCCCCCC. The molecule has 0 bridgehead atoms. The Hall–Kier alpha value is -1.80. The van der Waals surface area contributed by atoms with Crippen molar-refractivity contribution in [1.29, 1.82) is 0 Å². The van der Waals surface area contributed by atoms with Crippen LogP contribution >= 0.6 is 7.82 Å². The van der Waals surface area contributed by atoms with Crippen LogP contribution in [0.5, 0.6) is 0 Å². The lowest BCUT2D eigenvalue weighted by Gasteiger charge is -2.25. The summed E-state index contributed by atoms with van der Waals surface area (Å²) >= 11 is 0. The van der Waals surface area contributed by atoms with Crippen molar-refractivity contribution in [2.24, 2.45) is 0 Å². The first-order valence-corrected chi connectivity index (χ1v) is 25.2. The minimum absolute atomic E-state index is 0.0484. The van der Waals surface area contributed by atoms with Crippen LogP contribution in [-0.4, -0.2) is 73.4 Å². The lowest BCUT2D eigenvalue weighted by Crippen LogP contribution is -2.45. The van der Waals surface area contributed by atoms with Gasteiger partial charge < -0.3 is 19.8 Å². The molecule has 0 saturated heterocycles. The van der Waals surface area contributed by atoms with Gasteiger partial charge in [-0.2, -0.15) is 0 Å². The zero-order valence-electron chi connectivity index (χ0n) is 38.3. The van der Waals surface area contributed by atoms with Gasteiger partial charge in [-0.3, -0.25) is 13.8 Å². The van der Waals surface area contributed by atoms with E-state index in [2.05, 4.69) is 67.8 Å². The summed E-state index contributed by atoms with van der Waals surface area (Å²) in [5.74, 6) is -0.208. The third kappa shape index (κ3) is 42.3. The Morgan fingerprint density at radius 1 is 0.586 bits per heavy atom. The van der Waals surface area contributed by atoms with Crippen molar-refractivity contribution >= 4 is 13.7 Å². The Balaban J connectivity index is 4.46. The molecule has 0 fully saturated rings. The van der Waals surface area contributed by atoms with Gasteiger partial charge in [0.15, 0.2) is 0 Å². The number of phosphoric ester groups is 1. The largest absolute Gasteiger partial charge is 0.472 e. The fourth-order valence-corrected chi connectivity index (χ4v) is 7.12. The second kappa shape index (κ2) is 40.6. The second-order valence-electron chi connectivity index (χ2n) is 17.1. The summed E-state index contributed by atoms with van der Waals surface area (Å²) in [7, 11) is 1.53. The number of amides is 1. The number of allylic oxidation sites excluding steroid dienone is 9. The monoisotopic (exact) mass is 836 g/mol. The number of nitrogens with one attached hydrogen (secondary N) is 1. The molecule has 0 saturated carbocycles. The number of hydrogen-bond acceptors (Lipinski definition) is 5. The highest BCUT2D eigenvalue weighted by Crippen LogP contribution is 2.43. The fourth-order valence-electron chi connectivity index (χ4n) is 6.38. The Kier molecular flexibility index (Phi) is 39.3. The van der Waals surface area contributed by atoms with Gasteiger partial charge in [0.1, 0.15) is 13.2 Å². The van der Waals surface area contributed by atoms with E-state index in [0.717, 1.165) is 70.6 Å². The molecule has 0 aliphatic carbocycles. The molecule has 0 aliphatic heterocycles. The van der Waals surface area contributed by atoms with Crippen LogP contribution in [0.15, 0.2) is 60.8 Å². The number of aliphatic hydroxyl groups excluding tert-OH is 1. The number of carbonyl (C=O) groups excluding carboxylic acids is 1. The standard InChI is InChI=1S/C49H91N2O6P/c1-6-8-10-12-14-16-18-20-22-23-24-25-26-27-28-29-30-32-34-36-38-40-42-48(52)47(46-57-58(54,55)56-45-44-51(3,4)5)50-49(53)43-41-39-37-35-33-31-21-19-17-15-13-11-9-7-2/h13,15,19,21,27-28,32,34,40,42,47-48,52H,6-12,14,16-18,20,22-26,29-31,33,35-39,41,43-46H2,1-5H3,(H-,50,53,54,55)/p+1/b15-13-,21-19-,28-27+,34-32+,42-40+. The highest BCUT2D eigenvalue weighted by molar-refractivity contribution is 7.47. The van der Waals surface area contributed by atoms with Gasteiger partial charge in [-0.1, -0.05) is 177 Å². The van der Waals surface area contributed by atoms with E-state index in [1.165, 1.54) is 103 Å². The first-order chi connectivity index (χ1) is 28.0. The van der Waals surface area contributed by atoms with E-state index < -0.39 is 20.0 Å². The minimum Gasteiger partial charge on any atom is -0.387 e. The van der Waals surface area contributed by atoms with Crippen molar-refractivity contribution in [3.05, 3.63) is 60.8 Å². The van der Waals surface area contributed by atoms with Crippen molar-refractivity contribution in [1.82, 2.24) is 5.32 Å². The van der Waals surface area contributed by atoms with Crippen LogP contribution in [0, 0.1) is 0 Å². The van der Waals surface area contributed by atoms with E-state index in [9.17, 15) is 19.4 Å². The number of phosphoric acid groups is 1. The Bertz CT molecular complexity index is 1130. The van der Waals surface area contributed by atoms with Crippen LogP contribution in [0.2, 0.25) is 0 Å². The first-order valence-electron chi connectivity index (χ1n) is 23.7. The van der Waals surface area contributed by atoms with Crippen molar-refractivity contribution in [2.75, 3.05) is 40.9 Å². The van der Waals surface area contributed by atoms with Gasteiger partial charge in [-0.05, 0) is 70.6 Å². The van der Waals surface area contributed by atoms with E-state index in [1.54, 1.807) is 6.08 Å². The van der Waals surface area contributed by atoms with Crippen LogP contribution in [0.3, 0.4) is 0 Å². The molecular weight excluding hydrogens is 744 g/mol. The number of carbonyl (C=O) groups is 1. The lowest BCUT2D eigenvalue weighted by atomic mass is 10.0. The van der Waals surface area contributed by atoms with E-state index in [-0.39, 0.29) is 19.1 Å². The molecule has 0 spiro atoms. The molecule has 338 valence electrons. The van der Waals surface area contributed by atoms with Crippen LogP contribution < -0.4 is 5.32 Å². The second-order valence-corrected chi connectivity index (χ2v) is 18.6. The van der Waals surface area contributed by atoms with E-state index in [4.69, 9.17) is 9.05 Å². The third-order valence-corrected chi connectivity index (χ3v) is 11.2. The lowest BCUT2D eigenvalue weighted by molar-refractivity contribution is -0.870. The molecule has 1 amide bonds. The van der Waals surface area contributed by atoms with Gasteiger partial charge in [0, 0.05) is 6.42 Å². The molecule has 0 aliphatic rings. The number of likely N-dealkylation sites (N-methyl/N-ethyl adjacent to an activating group) is 1. The van der Waals surface area contributed by atoms with Gasteiger partial charge in [-0.25, -0.2) is 4.57 Å². The number of hydrogen-bond donors (Lipinski definition) is 3. The van der Waals surface area contributed by atoms with E-state index in [1.807, 2.05) is 27.2 Å². The highest BCUT2D eigenvalue weighted by Gasteiger charge is 2.27. The summed E-state index contributed by atoms with van der Waals surface area (Å²) < 4.78 is 23.5. The predicted octanol–water partition coefficient (Wildman–Crippen LogP) is 13.4. The molecule has 0 rings (SSSR count). The smallest absolute Gasteiger partial charge is 0.387 e. The Morgan fingerprint density at radius 2 is 1.02 bits per heavy atom. The van der Waals surface area contributed by atoms with Crippen LogP contribution in [0.1, 0.15) is 194 Å². The van der Waals surface area contributed by atoms with Crippen molar-refractivity contribution in [3.8, 4) is 0 Å². The summed E-state index contributed by atoms with van der Waals surface area (Å²) in [5, 5.41) is 13.8. The number of unbranched alkanes of at least 4 members (excludes halogenated alkanes) is 21. The predicted molar refractivity (Wildman–Crippen MR) is 249 cm³/mol. The molecule has 8 nitrogen and oxygen atoms in total. The average Bonchev–Trinajstić information content (AvgIpc) is 3.17. The molecule has 0 aromatic heterocycles. The van der Waals surface area contributed by atoms with Gasteiger partial charge in [-0.15, -0.1) is 0 Å². The summed E-state index contributed by atoms with van der Waals surface area (Å²) in [6.45, 7) is 4.72. The average molecular weight is 836 g/mol. The third-order valence-electron chi connectivity index (χ3n) is 10.2. The number of nitrogens with zero attached hydrogens (tertiary/aromatic N) is 1. The van der Waals surface area contributed by atoms with Crippen molar-refractivity contribution in [2.45, 2.75) is 206 Å². The van der Waals surface area contributed by atoms with Crippen LogP contribution in [-0.2, 0) is 18.4 Å². The molecular formula is C49H92N2O6P+. The zero-order valence-corrected chi connectivity index (χ0v) is 39.2. The molecule has 0 aromatic carbocycles. The van der Waals surface area contributed by atoms with Gasteiger partial charge >= 0.3 is 7.82 Å². The number of quaternary nitrogens is 1. The van der Waals surface area contributed by atoms with Crippen LogP contribution in [0.4, 0.5) is 0 Å². The molecule has 0 heterocycles. The maximum absolute atomic E-state index is 12.9. The van der Waals surface area contributed by atoms with Crippen molar-refractivity contribution in [3.63, 3.8) is 0 Å². The first kappa shape index (κ1) is 56.2. The summed E-state index contributed by atoms with van der Waals surface area (Å²) in [6, 6.07) is -0.878. The zero-order chi connectivity index (χ0) is 42.8. The topological polar surface area (TPSA) is 105 Å².